The molecule has 0 aromatic carbocycles. The predicted octanol–water partition coefficient (Wildman–Crippen LogP) is 0.821. The average Bonchev–Trinajstić information content (AvgIpc) is 2.15. The molecule has 1 rings (SSSR count). The molecule has 5 nitrogen and oxygen atoms in total. The second kappa shape index (κ2) is 4.61. The molecule has 0 aliphatic carbocycles. The van der Waals surface area contributed by atoms with Crippen molar-refractivity contribution in [3.8, 4) is 0 Å². The van der Waals surface area contributed by atoms with E-state index < -0.39 is 17.7 Å². The van der Waals surface area contributed by atoms with Gasteiger partial charge in [-0.3, -0.25) is 4.90 Å². The van der Waals surface area contributed by atoms with Crippen molar-refractivity contribution in [3.05, 3.63) is 0 Å². The van der Waals surface area contributed by atoms with E-state index in [1.807, 2.05) is 0 Å². The van der Waals surface area contributed by atoms with Crippen molar-refractivity contribution in [1.82, 2.24) is 4.90 Å². The Morgan fingerprint density at radius 2 is 2.20 bits per heavy atom. The van der Waals surface area contributed by atoms with E-state index in [2.05, 4.69) is 0 Å². The van der Waals surface area contributed by atoms with Gasteiger partial charge in [0.05, 0.1) is 13.2 Å². The zero-order chi connectivity index (χ0) is 11.5. The summed E-state index contributed by atoms with van der Waals surface area (Å²) in [6.07, 6.45) is 0.256. The molecule has 1 amide bonds. The first kappa shape index (κ1) is 12.0. The van der Waals surface area contributed by atoms with Gasteiger partial charge in [0.25, 0.3) is 0 Å². The largest absolute Gasteiger partial charge is 0.444 e. The molecular weight excluding hydrogens is 198 g/mol. The van der Waals surface area contributed by atoms with E-state index in [0.29, 0.717) is 19.4 Å². The maximum Gasteiger partial charge on any atom is 0.411 e. The van der Waals surface area contributed by atoms with Crippen LogP contribution < -0.4 is 0 Å². The fraction of sp³-hybridized carbons (Fsp3) is 0.800. The SMILES string of the molecule is CC(C)(C)OC(=O)N1CCOC[C@H]1C=O. The number of rotatable bonds is 1. The standard InChI is InChI=1S/C10H17NO4/c1-10(2,3)15-9(13)11-4-5-14-7-8(11)6-12/h6,8H,4-5,7H2,1-3H3/t8-/m1/s1. The molecule has 5 heteroatoms. The Kier molecular flexibility index (Phi) is 3.68. The Morgan fingerprint density at radius 1 is 1.53 bits per heavy atom. The van der Waals surface area contributed by atoms with Gasteiger partial charge in [-0.15, -0.1) is 0 Å². The number of aldehydes is 1. The summed E-state index contributed by atoms with van der Waals surface area (Å²) in [5.41, 5.74) is -0.539. The first-order valence-electron chi connectivity index (χ1n) is 4.97. The number of carbonyl (C=O) groups is 2. The fourth-order valence-corrected chi connectivity index (χ4v) is 1.28. The van der Waals surface area contributed by atoms with Gasteiger partial charge in [0, 0.05) is 6.54 Å². The Bertz CT molecular complexity index is 246. The van der Waals surface area contributed by atoms with Gasteiger partial charge in [-0.1, -0.05) is 0 Å². The van der Waals surface area contributed by atoms with E-state index >= 15 is 0 Å². The molecular formula is C10H17NO4. The van der Waals surface area contributed by atoms with Crippen LogP contribution in [0.4, 0.5) is 4.79 Å². The lowest BCUT2D eigenvalue weighted by Crippen LogP contribution is -2.51. The Morgan fingerprint density at radius 3 is 2.73 bits per heavy atom. The van der Waals surface area contributed by atoms with Crippen LogP contribution in [0.5, 0.6) is 0 Å². The summed E-state index contributed by atoms with van der Waals surface area (Å²) in [7, 11) is 0. The van der Waals surface area contributed by atoms with Gasteiger partial charge in [-0.25, -0.2) is 4.79 Å². The highest BCUT2D eigenvalue weighted by Crippen LogP contribution is 2.13. The lowest BCUT2D eigenvalue weighted by atomic mass is 10.2. The molecule has 0 unspecified atom stereocenters. The topological polar surface area (TPSA) is 55.8 Å². The first-order valence-corrected chi connectivity index (χ1v) is 4.97. The molecule has 1 aliphatic heterocycles. The molecule has 1 saturated heterocycles. The summed E-state index contributed by atoms with van der Waals surface area (Å²) in [6.45, 7) is 6.48. The maximum atomic E-state index is 11.7. The van der Waals surface area contributed by atoms with Gasteiger partial charge in [0.1, 0.15) is 17.9 Å². The third-order valence-electron chi connectivity index (χ3n) is 1.95. The number of hydrogen-bond acceptors (Lipinski definition) is 4. The monoisotopic (exact) mass is 215 g/mol. The Balaban J connectivity index is 2.60. The summed E-state index contributed by atoms with van der Waals surface area (Å²) < 4.78 is 10.3. The minimum absolute atomic E-state index is 0.253. The van der Waals surface area contributed by atoms with Crippen LogP contribution in [0, 0.1) is 0 Å². The second-order valence-electron chi connectivity index (χ2n) is 4.45. The lowest BCUT2D eigenvalue weighted by molar-refractivity contribution is -0.118. The van der Waals surface area contributed by atoms with Crippen LogP contribution in [0.25, 0.3) is 0 Å². The number of hydrogen-bond donors (Lipinski definition) is 0. The molecule has 86 valence electrons. The molecule has 0 saturated carbocycles. The van der Waals surface area contributed by atoms with E-state index in [0.717, 1.165) is 0 Å². The van der Waals surface area contributed by atoms with Gasteiger partial charge >= 0.3 is 6.09 Å². The summed E-state index contributed by atoms with van der Waals surface area (Å²) >= 11 is 0. The number of ether oxygens (including phenoxy) is 2. The van der Waals surface area contributed by atoms with Gasteiger partial charge in [0.2, 0.25) is 0 Å². The highest BCUT2D eigenvalue weighted by Gasteiger charge is 2.30. The van der Waals surface area contributed by atoms with Crippen LogP contribution in [-0.4, -0.2) is 48.7 Å². The fourth-order valence-electron chi connectivity index (χ4n) is 1.28. The molecule has 0 bridgehead atoms. The maximum absolute atomic E-state index is 11.7. The van der Waals surface area contributed by atoms with E-state index in [-0.39, 0.29) is 6.61 Å². The van der Waals surface area contributed by atoms with Gasteiger partial charge in [-0.2, -0.15) is 0 Å². The van der Waals surface area contributed by atoms with Crippen LogP contribution in [-0.2, 0) is 14.3 Å². The van der Waals surface area contributed by atoms with Crippen molar-refractivity contribution in [2.24, 2.45) is 0 Å². The number of nitrogens with zero attached hydrogens (tertiary/aromatic N) is 1. The van der Waals surface area contributed by atoms with Crippen LogP contribution in [0.2, 0.25) is 0 Å². The van der Waals surface area contributed by atoms with Crippen molar-refractivity contribution in [3.63, 3.8) is 0 Å². The van der Waals surface area contributed by atoms with Crippen LogP contribution in [0.15, 0.2) is 0 Å². The van der Waals surface area contributed by atoms with Crippen LogP contribution in [0.1, 0.15) is 20.8 Å². The third kappa shape index (κ3) is 3.51. The average molecular weight is 215 g/mol. The molecule has 0 aromatic heterocycles. The van der Waals surface area contributed by atoms with Crippen molar-refractivity contribution in [2.45, 2.75) is 32.4 Å². The molecule has 0 radical (unpaired) electrons. The van der Waals surface area contributed by atoms with E-state index in [9.17, 15) is 9.59 Å². The smallest absolute Gasteiger partial charge is 0.411 e. The van der Waals surface area contributed by atoms with Crippen LogP contribution in [0.3, 0.4) is 0 Å². The summed E-state index contributed by atoms with van der Waals surface area (Å²) in [5.74, 6) is 0. The molecule has 1 heterocycles. The summed E-state index contributed by atoms with van der Waals surface area (Å²) in [4.78, 5) is 23.8. The molecule has 0 N–H and O–H groups in total. The van der Waals surface area contributed by atoms with E-state index in [4.69, 9.17) is 9.47 Å². The van der Waals surface area contributed by atoms with Crippen molar-refractivity contribution in [2.75, 3.05) is 19.8 Å². The van der Waals surface area contributed by atoms with Crippen LogP contribution >= 0.6 is 0 Å². The normalized spacial score (nSPS) is 22.3. The zero-order valence-electron chi connectivity index (χ0n) is 9.36. The first-order chi connectivity index (χ1) is 6.94. The summed E-state index contributed by atoms with van der Waals surface area (Å²) in [5, 5.41) is 0. The quantitative estimate of drug-likeness (QED) is 0.608. The van der Waals surface area contributed by atoms with E-state index in [1.165, 1.54) is 4.90 Å². The van der Waals surface area contributed by atoms with Gasteiger partial charge in [0.15, 0.2) is 0 Å². The number of morpholine rings is 1. The number of carbonyl (C=O) groups excluding carboxylic acids is 2. The second-order valence-corrected chi connectivity index (χ2v) is 4.45. The summed E-state index contributed by atoms with van der Waals surface area (Å²) in [6, 6.07) is -0.520. The lowest BCUT2D eigenvalue weighted by Gasteiger charge is -2.33. The van der Waals surface area contributed by atoms with Gasteiger partial charge < -0.3 is 14.3 Å². The Hall–Kier alpha value is -1.10. The third-order valence-corrected chi connectivity index (χ3v) is 1.95. The number of amides is 1. The minimum Gasteiger partial charge on any atom is -0.444 e. The van der Waals surface area contributed by atoms with Crippen molar-refractivity contribution < 1.29 is 19.1 Å². The minimum atomic E-state index is -0.539. The molecule has 1 aliphatic rings. The Labute approximate surface area is 89.3 Å². The molecule has 0 aromatic rings. The van der Waals surface area contributed by atoms with E-state index in [1.54, 1.807) is 20.8 Å². The zero-order valence-corrected chi connectivity index (χ0v) is 9.36. The molecule has 15 heavy (non-hydrogen) atoms. The highest BCUT2D eigenvalue weighted by molar-refractivity contribution is 5.74. The van der Waals surface area contributed by atoms with Crippen molar-refractivity contribution >= 4 is 12.4 Å². The molecule has 1 atom stereocenters. The molecule has 0 spiro atoms. The van der Waals surface area contributed by atoms with Crippen molar-refractivity contribution in [1.29, 1.82) is 0 Å². The van der Waals surface area contributed by atoms with Gasteiger partial charge in [-0.05, 0) is 20.8 Å². The predicted molar refractivity (Wildman–Crippen MR) is 53.6 cm³/mol. The molecule has 1 fully saturated rings. The highest BCUT2D eigenvalue weighted by atomic mass is 16.6.